The summed E-state index contributed by atoms with van der Waals surface area (Å²) in [6, 6.07) is 1.23. The van der Waals surface area contributed by atoms with Crippen LogP contribution in [0, 0.1) is 0 Å². The zero-order chi connectivity index (χ0) is 11.8. The molecule has 0 saturated carbocycles. The van der Waals surface area contributed by atoms with Crippen LogP contribution in [-0.2, 0) is 9.47 Å². The van der Waals surface area contributed by atoms with E-state index in [1.807, 2.05) is 0 Å². The second kappa shape index (κ2) is 8.01. The molecule has 0 spiro atoms. The van der Waals surface area contributed by atoms with Crippen molar-refractivity contribution in [2.24, 2.45) is 0 Å². The second-order valence-electron chi connectivity index (χ2n) is 4.55. The van der Waals surface area contributed by atoms with Crippen LogP contribution in [0.25, 0.3) is 0 Å². The van der Waals surface area contributed by atoms with E-state index < -0.39 is 0 Å². The molecular formula is C12H26N2O2. The van der Waals surface area contributed by atoms with Crippen LogP contribution in [0.5, 0.6) is 0 Å². The van der Waals surface area contributed by atoms with Gasteiger partial charge in [-0.05, 0) is 20.3 Å². The van der Waals surface area contributed by atoms with Crippen LogP contribution in [0.1, 0.15) is 20.3 Å². The average Bonchev–Trinajstić information content (AvgIpc) is 2.26. The summed E-state index contributed by atoms with van der Waals surface area (Å²) in [5.74, 6) is 0. The fraction of sp³-hybridized carbons (Fsp3) is 1.00. The Kier molecular flexibility index (Phi) is 6.96. The molecule has 0 aliphatic carbocycles. The Labute approximate surface area is 99.3 Å². The Hall–Kier alpha value is -0.160. The molecule has 0 amide bonds. The number of piperazine rings is 1. The summed E-state index contributed by atoms with van der Waals surface area (Å²) in [6.45, 7) is 10.2. The zero-order valence-corrected chi connectivity index (χ0v) is 10.9. The van der Waals surface area contributed by atoms with Crippen LogP contribution >= 0.6 is 0 Å². The van der Waals surface area contributed by atoms with E-state index in [1.165, 1.54) is 0 Å². The van der Waals surface area contributed by atoms with Gasteiger partial charge in [-0.15, -0.1) is 0 Å². The van der Waals surface area contributed by atoms with Crippen LogP contribution in [0.3, 0.4) is 0 Å². The second-order valence-corrected chi connectivity index (χ2v) is 4.55. The van der Waals surface area contributed by atoms with Gasteiger partial charge < -0.3 is 14.8 Å². The zero-order valence-electron chi connectivity index (χ0n) is 10.9. The lowest BCUT2D eigenvalue weighted by Gasteiger charge is -2.39. The molecule has 16 heavy (non-hydrogen) atoms. The Morgan fingerprint density at radius 3 is 2.44 bits per heavy atom. The summed E-state index contributed by atoms with van der Waals surface area (Å²) in [4.78, 5) is 2.52. The van der Waals surface area contributed by atoms with Gasteiger partial charge in [0.2, 0.25) is 0 Å². The highest BCUT2D eigenvalue weighted by Crippen LogP contribution is 2.08. The molecule has 1 rings (SSSR count). The topological polar surface area (TPSA) is 33.7 Å². The molecule has 0 bridgehead atoms. The van der Waals surface area contributed by atoms with Gasteiger partial charge in [0.05, 0.1) is 6.61 Å². The van der Waals surface area contributed by atoms with Gasteiger partial charge in [-0.3, -0.25) is 4.90 Å². The third-order valence-electron chi connectivity index (χ3n) is 3.14. The maximum Gasteiger partial charge on any atom is 0.0593 e. The Morgan fingerprint density at radius 1 is 1.12 bits per heavy atom. The van der Waals surface area contributed by atoms with Crippen LogP contribution in [0.2, 0.25) is 0 Å². The first-order valence-corrected chi connectivity index (χ1v) is 6.29. The number of nitrogens with one attached hydrogen (secondary N) is 1. The van der Waals surface area contributed by atoms with E-state index in [9.17, 15) is 0 Å². The summed E-state index contributed by atoms with van der Waals surface area (Å²) >= 11 is 0. The maximum atomic E-state index is 5.59. The van der Waals surface area contributed by atoms with Crippen molar-refractivity contribution < 1.29 is 9.47 Å². The predicted octanol–water partition coefficient (Wildman–Crippen LogP) is 0.722. The van der Waals surface area contributed by atoms with Gasteiger partial charge in [0.15, 0.2) is 0 Å². The van der Waals surface area contributed by atoms with Gasteiger partial charge in [-0.2, -0.15) is 0 Å². The van der Waals surface area contributed by atoms with Crippen molar-refractivity contribution in [1.82, 2.24) is 10.2 Å². The standard InChI is InChI=1S/C12H26N2O2/c1-11-9-13-10-12(2)14(11)5-8-16-7-4-6-15-3/h11-13H,4-10H2,1-3H3. The van der Waals surface area contributed by atoms with Crippen molar-refractivity contribution in [1.29, 1.82) is 0 Å². The first kappa shape index (κ1) is 13.9. The highest BCUT2D eigenvalue weighted by molar-refractivity contribution is 4.82. The fourth-order valence-corrected chi connectivity index (χ4v) is 2.19. The molecule has 1 fully saturated rings. The van der Waals surface area contributed by atoms with E-state index in [-0.39, 0.29) is 0 Å². The van der Waals surface area contributed by atoms with E-state index in [0.29, 0.717) is 12.1 Å². The van der Waals surface area contributed by atoms with E-state index in [4.69, 9.17) is 9.47 Å². The quantitative estimate of drug-likeness (QED) is 0.654. The molecule has 0 aromatic carbocycles. The molecule has 2 unspecified atom stereocenters. The maximum absolute atomic E-state index is 5.59. The predicted molar refractivity (Wildman–Crippen MR) is 65.8 cm³/mol. The number of hydrogen-bond donors (Lipinski definition) is 1. The highest BCUT2D eigenvalue weighted by atomic mass is 16.5. The van der Waals surface area contributed by atoms with Crippen molar-refractivity contribution in [3.8, 4) is 0 Å². The lowest BCUT2D eigenvalue weighted by atomic mass is 10.1. The minimum absolute atomic E-state index is 0.617. The van der Waals surface area contributed by atoms with E-state index >= 15 is 0 Å². The molecule has 96 valence electrons. The Balaban J connectivity index is 2.06. The molecule has 0 aromatic rings. The average molecular weight is 230 g/mol. The highest BCUT2D eigenvalue weighted by Gasteiger charge is 2.23. The van der Waals surface area contributed by atoms with Crippen LogP contribution < -0.4 is 5.32 Å². The molecule has 1 aliphatic heterocycles. The van der Waals surface area contributed by atoms with Gasteiger partial charge in [0.25, 0.3) is 0 Å². The number of hydrogen-bond acceptors (Lipinski definition) is 4. The summed E-state index contributed by atoms with van der Waals surface area (Å²) in [5.41, 5.74) is 0. The lowest BCUT2D eigenvalue weighted by Crippen LogP contribution is -2.55. The molecule has 1 heterocycles. The van der Waals surface area contributed by atoms with E-state index in [1.54, 1.807) is 7.11 Å². The van der Waals surface area contributed by atoms with E-state index in [2.05, 4.69) is 24.1 Å². The number of rotatable bonds is 7. The SMILES string of the molecule is COCCCOCCN1C(C)CNCC1C. The van der Waals surface area contributed by atoms with E-state index in [0.717, 1.165) is 45.9 Å². The molecule has 4 nitrogen and oxygen atoms in total. The van der Waals surface area contributed by atoms with Gasteiger partial charge in [0, 0.05) is 52.0 Å². The number of ether oxygens (including phenoxy) is 2. The lowest BCUT2D eigenvalue weighted by molar-refractivity contribution is 0.0490. The van der Waals surface area contributed by atoms with Crippen LogP contribution in [-0.4, -0.2) is 63.5 Å². The van der Waals surface area contributed by atoms with Crippen molar-refractivity contribution in [2.75, 3.05) is 46.6 Å². The van der Waals surface area contributed by atoms with Gasteiger partial charge in [-0.1, -0.05) is 0 Å². The summed E-state index contributed by atoms with van der Waals surface area (Å²) in [5, 5.41) is 3.43. The largest absolute Gasteiger partial charge is 0.385 e. The Bertz CT molecular complexity index is 168. The smallest absolute Gasteiger partial charge is 0.0593 e. The van der Waals surface area contributed by atoms with Crippen LogP contribution in [0.15, 0.2) is 0 Å². The molecule has 2 atom stereocenters. The van der Waals surface area contributed by atoms with Crippen LogP contribution in [0.4, 0.5) is 0 Å². The number of methoxy groups -OCH3 is 1. The van der Waals surface area contributed by atoms with Crippen molar-refractivity contribution >= 4 is 0 Å². The molecular weight excluding hydrogens is 204 g/mol. The molecule has 0 radical (unpaired) electrons. The minimum atomic E-state index is 0.617. The monoisotopic (exact) mass is 230 g/mol. The van der Waals surface area contributed by atoms with Gasteiger partial charge in [0.1, 0.15) is 0 Å². The van der Waals surface area contributed by atoms with Gasteiger partial charge in [-0.25, -0.2) is 0 Å². The van der Waals surface area contributed by atoms with Crippen molar-refractivity contribution in [3.05, 3.63) is 0 Å². The molecule has 1 saturated heterocycles. The number of nitrogens with zero attached hydrogens (tertiary/aromatic N) is 1. The molecule has 0 aromatic heterocycles. The normalized spacial score (nSPS) is 27.2. The minimum Gasteiger partial charge on any atom is -0.385 e. The third-order valence-corrected chi connectivity index (χ3v) is 3.14. The van der Waals surface area contributed by atoms with Gasteiger partial charge >= 0.3 is 0 Å². The Morgan fingerprint density at radius 2 is 1.81 bits per heavy atom. The molecule has 4 heteroatoms. The summed E-state index contributed by atoms with van der Waals surface area (Å²) in [7, 11) is 1.73. The summed E-state index contributed by atoms with van der Waals surface area (Å²) in [6.07, 6.45) is 0.989. The van der Waals surface area contributed by atoms with Crippen molar-refractivity contribution in [2.45, 2.75) is 32.4 Å². The fourth-order valence-electron chi connectivity index (χ4n) is 2.19. The molecule has 1 aliphatic rings. The first-order chi connectivity index (χ1) is 7.75. The first-order valence-electron chi connectivity index (χ1n) is 6.29. The van der Waals surface area contributed by atoms with Crippen molar-refractivity contribution in [3.63, 3.8) is 0 Å². The third kappa shape index (κ3) is 4.78. The molecule has 1 N–H and O–H groups in total. The summed E-state index contributed by atoms with van der Waals surface area (Å²) < 4.78 is 10.6.